The topological polar surface area (TPSA) is 101 Å². The first-order valence-corrected chi connectivity index (χ1v) is 18.1. The number of carbonyl (C=O) groups excluding carboxylic acids is 1. The molecule has 3 aromatic rings. The molecule has 2 saturated heterocycles. The van der Waals surface area contributed by atoms with E-state index in [4.69, 9.17) is 19.2 Å². The van der Waals surface area contributed by atoms with Crippen molar-refractivity contribution in [1.82, 2.24) is 9.88 Å². The van der Waals surface area contributed by atoms with Crippen molar-refractivity contribution in [2.75, 3.05) is 51.4 Å². The SMILES string of the molecule is Cc1nc(C(=O)N(C)CC2CCOCC2)c(-c2ccc(OCCc3ccc(F)cc3)cc2)c(N2CCC(C)(C)CC2)c1[C@H](OC(C)(C)C)C(=O)O. The van der Waals surface area contributed by atoms with Crippen LogP contribution in [0, 0.1) is 24.1 Å². The predicted molar refractivity (Wildman–Crippen MR) is 197 cm³/mol. The molecule has 0 bridgehead atoms. The Balaban J connectivity index is 1.61. The normalized spacial score (nSPS) is 17.2. The van der Waals surface area contributed by atoms with Gasteiger partial charge in [-0.3, -0.25) is 4.79 Å². The Hall–Kier alpha value is -4.02. The second-order valence-corrected chi connectivity index (χ2v) is 15.8. The first kappa shape index (κ1) is 38.2. The van der Waals surface area contributed by atoms with Gasteiger partial charge in [0.1, 0.15) is 17.3 Å². The molecular weight excluding hydrogens is 649 g/mol. The minimum atomic E-state index is -1.31. The Morgan fingerprint density at radius 1 is 1.06 bits per heavy atom. The van der Waals surface area contributed by atoms with Crippen molar-refractivity contribution in [3.63, 3.8) is 0 Å². The number of anilines is 1. The van der Waals surface area contributed by atoms with E-state index in [1.165, 1.54) is 12.1 Å². The van der Waals surface area contributed by atoms with Gasteiger partial charge in [-0.2, -0.15) is 0 Å². The van der Waals surface area contributed by atoms with Crippen LogP contribution in [0.2, 0.25) is 0 Å². The van der Waals surface area contributed by atoms with Gasteiger partial charge in [0.25, 0.3) is 5.91 Å². The highest BCUT2D eigenvalue weighted by molar-refractivity contribution is 6.03. The predicted octanol–water partition coefficient (Wildman–Crippen LogP) is 7.88. The molecule has 1 atom stereocenters. The van der Waals surface area contributed by atoms with Crippen LogP contribution in [0.1, 0.15) is 93.7 Å². The molecule has 276 valence electrons. The van der Waals surface area contributed by atoms with Gasteiger partial charge in [0.2, 0.25) is 0 Å². The molecule has 0 unspecified atom stereocenters. The number of carboxylic acids is 1. The zero-order valence-electron chi connectivity index (χ0n) is 31.3. The average molecular weight is 704 g/mol. The van der Waals surface area contributed by atoms with Crippen molar-refractivity contribution >= 4 is 17.6 Å². The largest absolute Gasteiger partial charge is 0.493 e. The van der Waals surface area contributed by atoms with Crippen LogP contribution in [0.5, 0.6) is 5.75 Å². The summed E-state index contributed by atoms with van der Waals surface area (Å²) >= 11 is 0. The number of hydrogen-bond acceptors (Lipinski definition) is 7. The number of hydrogen-bond donors (Lipinski definition) is 1. The number of aromatic nitrogens is 1. The smallest absolute Gasteiger partial charge is 0.337 e. The van der Waals surface area contributed by atoms with Gasteiger partial charge >= 0.3 is 5.97 Å². The summed E-state index contributed by atoms with van der Waals surface area (Å²) in [5, 5.41) is 10.7. The van der Waals surface area contributed by atoms with Crippen LogP contribution in [0.4, 0.5) is 10.1 Å². The Morgan fingerprint density at radius 3 is 2.27 bits per heavy atom. The number of rotatable bonds is 12. The molecule has 9 nitrogen and oxygen atoms in total. The van der Waals surface area contributed by atoms with Crippen LogP contribution in [0.15, 0.2) is 48.5 Å². The third-order valence-corrected chi connectivity index (χ3v) is 9.93. The number of benzene rings is 2. The molecule has 3 heterocycles. The van der Waals surface area contributed by atoms with Crippen molar-refractivity contribution in [3.05, 3.63) is 76.9 Å². The first-order valence-electron chi connectivity index (χ1n) is 18.1. The third kappa shape index (κ3) is 9.86. The highest BCUT2D eigenvalue weighted by Gasteiger charge is 2.38. The lowest BCUT2D eigenvalue weighted by Gasteiger charge is -2.41. The highest BCUT2D eigenvalue weighted by Crippen LogP contribution is 2.45. The van der Waals surface area contributed by atoms with Crippen molar-refractivity contribution in [1.29, 1.82) is 0 Å². The summed E-state index contributed by atoms with van der Waals surface area (Å²) in [7, 11) is 1.82. The molecule has 1 N–H and O–H groups in total. The van der Waals surface area contributed by atoms with Crippen molar-refractivity contribution in [3.8, 4) is 16.9 Å². The summed E-state index contributed by atoms with van der Waals surface area (Å²) in [5.74, 6) is -0.633. The minimum Gasteiger partial charge on any atom is -0.493 e. The number of nitrogens with zero attached hydrogens (tertiary/aromatic N) is 3. The van der Waals surface area contributed by atoms with E-state index < -0.39 is 17.7 Å². The summed E-state index contributed by atoms with van der Waals surface area (Å²) in [6, 6.07) is 13.9. The second-order valence-electron chi connectivity index (χ2n) is 15.8. The number of amides is 1. The van der Waals surface area contributed by atoms with Crippen molar-refractivity contribution in [2.24, 2.45) is 11.3 Å². The fourth-order valence-corrected chi connectivity index (χ4v) is 6.93. The zero-order valence-corrected chi connectivity index (χ0v) is 31.3. The van der Waals surface area contributed by atoms with E-state index in [2.05, 4.69) is 18.7 Å². The molecule has 0 saturated carbocycles. The number of carbonyl (C=O) groups is 2. The number of aryl methyl sites for hydroxylation is 1. The van der Waals surface area contributed by atoms with Gasteiger partial charge in [-0.05, 0) is 100 Å². The summed E-state index contributed by atoms with van der Waals surface area (Å²) < 4.78 is 31.3. The Labute approximate surface area is 302 Å². The molecule has 2 aliphatic rings. The van der Waals surface area contributed by atoms with Gasteiger partial charge in [0.05, 0.1) is 17.9 Å². The van der Waals surface area contributed by atoms with E-state index in [0.29, 0.717) is 80.1 Å². The number of piperidine rings is 1. The maximum Gasteiger partial charge on any atom is 0.337 e. The highest BCUT2D eigenvalue weighted by atomic mass is 19.1. The molecule has 1 amide bonds. The van der Waals surface area contributed by atoms with E-state index in [-0.39, 0.29) is 22.8 Å². The molecule has 0 spiro atoms. The Bertz CT molecular complexity index is 1650. The van der Waals surface area contributed by atoms with E-state index in [1.807, 2.05) is 52.1 Å². The number of pyridine rings is 1. The maximum atomic E-state index is 14.5. The van der Waals surface area contributed by atoms with Crippen LogP contribution < -0.4 is 9.64 Å². The van der Waals surface area contributed by atoms with E-state index in [0.717, 1.165) is 36.8 Å². The van der Waals surface area contributed by atoms with Gasteiger partial charge in [-0.25, -0.2) is 14.2 Å². The van der Waals surface area contributed by atoms with Crippen LogP contribution in [-0.4, -0.2) is 79.0 Å². The Morgan fingerprint density at radius 2 is 1.69 bits per heavy atom. The first-order chi connectivity index (χ1) is 24.1. The van der Waals surface area contributed by atoms with Crippen LogP contribution >= 0.6 is 0 Å². The van der Waals surface area contributed by atoms with Crippen molar-refractivity contribution < 1.29 is 33.3 Å². The lowest BCUT2D eigenvalue weighted by molar-refractivity contribution is -0.160. The summed E-state index contributed by atoms with van der Waals surface area (Å²) in [6.45, 7) is 15.5. The molecular formula is C41H54FN3O6. The lowest BCUT2D eigenvalue weighted by atomic mass is 9.81. The van der Waals surface area contributed by atoms with Crippen LogP contribution in [0.25, 0.3) is 11.1 Å². The van der Waals surface area contributed by atoms with Crippen molar-refractivity contribution in [2.45, 2.75) is 85.4 Å². The summed E-state index contributed by atoms with van der Waals surface area (Å²) in [4.78, 5) is 36.5. The second kappa shape index (κ2) is 16.1. The monoisotopic (exact) mass is 703 g/mol. The standard InChI is InChI=1S/C41H54FN3O6/c1-27-33(37(39(47)48)51-40(2,3)4)36(45-21-19-41(5,6)20-22-45)34(35(43-27)38(46)44(7)26-29-16-23-49-24-17-29)30-10-14-32(15-11-30)50-25-18-28-8-12-31(42)13-9-28/h8-15,29,37H,16-26H2,1-7H3,(H,47,48)/t37-/m0/s1. The molecule has 2 aromatic carbocycles. The zero-order chi connectivity index (χ0) is 36.9. The van der Waals surface area contributed by atoms with E-state index >= 15 is 0 Å². The maximum absolute atomic E-state index is 14.5. The van der Waals surface area contributed by atoms with Gasteiger partial charge in [0.15, 0.2) is 6.10 Å². The fraction of sp³-hybridized carbons (Fsp3) is 0.537. The third-order valence-electron chi connectivity index (χ3n) is 9.93. The molecule has 2 fully saturated rings. The quantitative estimate of drug-likeness (QED) is 0.203. The molecule has 0 aliphatic carbocycles. The molecule has 0 radical (unpaired) electrons. The van der Waals surface area contributed by atoms with Crippen LogP contribution in [-0.2, 0) is 20.7 Å². The number of ether oxygens (including phenoxy) is 3. The summed E-state index contributed by atoms with van der Waals surface area (Å²) in [5.41, 5.74) is 3.56. The van der Waals surface area contributed by atoms with Gasteiger partial charge in [-0.15, -0.1) is 0 Å². The molecule has 2 aliphatic heterocycles. The van der Waals surface area contributed by atoms with Gasteiger partial charge in [0, 0.05) is 63.1 Å². The van der Waals surface area contributed by atoms with Gasteiger partial charge < -0.3 is 29.1 Å². The average Bonchev–Trinajstić information content (AvgIpc) is 3.08. The molecule has 1 aromatic heterocycles. The molecule has 5 rings (SSSR count). The minimum absolute atomic E-state index is 0.127. The fourth-order valence-electron chi connectivity index (χ4n) is 6.93. The van der Waals surface area contributed by atoms with Gasteiger partial charge in [-0.1, -0.05) is 38.1 Å². The number of carboxylic acid groups (broad SMARTS) is 1. The van der Waals surface area contributed by atoms with E-state index in [1.54, 1.807) is 24.0 Å². The molecule has 51 heavy (non-hydrogen) atoms. The Kier molecular flexibility index (Phi) is 12.1. The van der Waals surface area contributed by atoms with E-state index in [9.17, 15) is 19.1 Å². The number of halogens is 1. The summed E-state index contributed by atoms with van der Waals surface area (Å²) in [6.07, 6.45) is 2.89. The number of aliphatic carboxylic acids is 1. The van der Waals surface area contributed by atoms with Crippen LogP contribution in [0.3, 0.4) is 0 Å². The molecule has 10 heteroatoms. The lowest BCUT2D eigenvalue weighted by Crippen LogP contribution is -2.40.